The van der Waals surface area contributed by atoms with Crippen molar-refractivity contribution in [3.05, 3.63) is 0 Å². The van der Waals surface area contributed by atoms with Crippen molar-refractivity contribution in [1.82, 2.24) is 4.90 Å². The van der Waals surface area contributed by atoms with E-state index < -0.39 is 30.7 Å². The van der Waals surface area contributed by atoms with Crippen molar-refractivity contribution >= 4 is 0 Å². The van der Waals surface area contributed by atoms with E-state index in [2.05, 4.69) is 0 Å². The van der Waals surface area contributed by atoms with Crippen LogP contribution >= 0.6 is 0 Å². The molecule has 0 aromatic heterocycles. The van der Waals surface area contributed by atoms with Gasteiger partial charge in [0.05, 0.1) is 6.07 Å². The van der Waals surface area contributed by atoms with E-state index in [1.165, 1.54) is 4.90 Å². The number of halogens is 6. The molecule has 0 N–H and O–H groups in total. The molecule has 0 radical (unpaired) electrons. The summed E-state index contributed by atoms with van der Waals surface area (Å²) in [5, 5.41) is 8.29. The second-order valence-electron chi connectivity index (χ2n) is 4.72. The third kappa shape index (κ3) is 3.32. The van der Waals surface area contributed by atoms with Crippen molar-refractivity contribution in [2.24, 2.45) is 5.41 Å². The lowest BCUT2D eigenvalue weighted by Gasteiger charge is -2.33. The number of unbranched alkanes of at least 4 members (excludes halogenated alkanes) is 2. The highest BCUT2D eigenvalue weighted by atomic mass is 19.4. The van der Waals surface area contributed by atoms with Crippen LogP contribution in [0.5, 0.6) is 0 Å². The summed E-state index contributed by atoms with van der Waals surface area (Å²) in [5.74, 6) is 0. The second-order valence-corrected chi connectivity index (χ2v) is 4.72. The molecule has 1 rings (SSSR count). The Hall–Kier alpha value is -0.970. The third-order valence-corrected chi connectivity index (χ3v) is 3.45. The lowest BCUT2D eigenvalue weighted by molar-refractivity contribution is -0.335. The van der Waals surface area contributed by atoms with Crippen molar-refractivity contribution < 1.29 is 26.3 Å². The highest BCUT2D eigenvalue weighted by molar-refractivity contribution is 5.00. The van der Waals surface area contributed by atoms with Gasteiger partial charge in [-0.3, -0.25) is 0 Å². The first-order valence-electron chi connectivity index (χ1n) is 5.87. The highest BCUT2D eigenvalue weighted by Gasteiger charge is 2.72. The molecule has 0 bridgehead atoms. The largest absolute Gasteiger partial charge is 0.404 e. The number of likely N-dealkylation sites (tertiary alicyclic amines) is 1. The SMILES string of the molecule is N#CCCCCN1CCC(C(F)(F)F)(C(F)(F)F)C1. The average Bonchev–Trinajstić information content (AvgIpc) is 2.68. The van der Waals surface area contributed by atoms with Crippen LogP contribution in [0.2, 0.25) is 0 Å². The van der Waals surface area contributed by atoms with Gasteiger partial charge in [0.1, 0.15) is 0 Å². The molecule has 0 aromatic rings. The number of hydrogen-bond acceptors (Lipinski definition) is 2. The fourth-order valence-corrected chi connectivity index (χ4v) is 2.24. The number of hydrogen-bond donors (Lipinski definition) is 0. The van der Waals surface area contributed by atoms with E-state index >= 15 is 0 Å². The molecule has 1 saturated heterocycles. The maximum absolute atomic E-state index is 12.7. The quantitative estimate of drug-likeness (QED) is 0.585. The van der Waals surface area contributed by atoms with Crippen molar-refractivity contribution in [1.29, 1.82) is 5.26 Å². The molecular formula is C11H14F6N2. The third-order valence-electron chi connectivity index (χ3n) is 3.45. The molecule has 19 heavy (non-hydrogen) atoms. The van der Waals surface area contributed by atoms with Crippen LogP contribution in [-0.4, -0.2) is 36.9 Å². The summed E-state index contributed by atoms with van der Waals surface area (Å²) in [5.41, 5.74) is -3.60. The Bertz CT molecular complexity index is 327. The maximum atomic E-state index is 12.7. The topological polar surface area (TPSA) is 27.0 Å². The zero-order valence-electron chi connectivity index (χ0n) is 10.1. The molecule has 0 saturated carbocycles. The molecule has 8 heteroatoms. The zero-order chi connectivity index (χ0) is 14.7. The summed E-state index contributed by atoms with van der Waals surface area (Å²) in [6.07, 6.45) is -10.3. The van der Waals surface area contributed by atoms with Gasteiger partial charge >= 0.3 is 12.4 Å². The van der Waals surface area contributed by atoms with E-state index in [0.29, 0.717) is 12.8 Å². The van der Waals surface area contributed by atoms with Crippen molar-refractivity contribution in [3.8, 4) is 6.07 Å². The van der Waals surface area contributed by atoms with Crippen molar-refractivity contribution in [2.75, 3.05) is 19.6 Å². The van der Waals surface area contributed by atoms with E-state index in [1.807, 2.05) is 6.07 Å². The van der Waals surface area contributed by atoms with Gasteiger partial charge in [0, 0.05) is 13.0 Å². The minimum Gasteiger partial charge on any atom is -0.302 e. The maximum Gasteiger partial charge on any atom is 0.404 e. The lowest BCUT2D eigenvalue weighted by atomic mass is 9.85. The molecule has 0 aliphatic carbocycles. The number of alkyl halides is 6. The molecule has 0 spiro atoms. The van der Waals surface area contributed by atoms with Crippen molar-refractivity contribution in [3.63, 3.8) is 0 Å². The molecule has 110 valence electrons. The minimum absolute atomic E-state index is 0.162. The fraction of sp³-hybridized carbons (Fsp3) is 0.909. The Morgan fingerprint density at radius 3 is 2.05 bits per heavy atom. The predicted octanol–water partition coefficient (Wildman–Crippen LogP) is 3.50. The van der Waals surface area contributed by atoms with Gasteiger partial charge in [0.25, 0.3) is 0 Å². The smallest absolute Gasteiger partial charge is 0.302 e. The normalized spacial score (nSPS) is 20.5. The Balaban J connectivity index is 2.67. The van der Waals surface area contributed by atoms with Gasteiger partial charge < -0.3 is 4.90 Å². The highest BCUT2D eigenvalue weighted by Crippen LogP contribution is 2.55. The molecule has 0 amide bonds. The van der Waals surface area contributed by atoms with E-state index in [4.69, 9.17) is 5.26 Å². The molecule has 1 heterocycles. The number of nitrogens with zero attached hydrogens (tertiary/aromatic N) is 2. The van der Waals surface area contributed by atoms with Gasteiger partial charge in [-0.25, -0.2) is 0 Å². The molecule has 0 unspecified atom stereocenters. The lowest BCUT2D eigenvalue weighted by Crippen LogP contribution is -2.51. The minimum atomic E-state index is -5.29. The Morgan fingerprint density at radius 1 is 1.05 bits per heavy atom. The van der Waals surface area contributed by atoms with E-state index in [0.717, 1.165) is 0 Å². The molecule has 1 aliphatic heterocycles. The van der Waals surface area contributed by atoms with Crippen LogP contribution < -0.4 is 0 Å². The van der Waals surface area contributed by atoms with E-state index in [-0.39, 0.29) is 19.5 Å². The summed E-state index contributed by atoms with van der Waals surface area (Å²) < 4.78 is 76.4. The number of rotatable bonds is 4. The van der Waals surface area contributed by atoms with Crippen LogP contribution in [-0.2, 0) is 0 Å². The second kappa shape index (κ2) is 5.57. The Kier molecular flexibility index (Phi) is 4.72. The van der Waals surface area contributed by atoms with Crippen LogP contribution in [0.3, 0.4) is 0 Å². The summed E-state index contributed by atoms with van der Waals surface area (Å²) in [6.45, 7) is -1.09. The summed E-state index contributed by atoms with van der Waals surface area (Å²) >= 11 is 0. The monoisotopic (exact) mass is 288 g/mol. The summed E-state index contributed by atoms with van der Waals surface area (Å²) in [6, 6.07) is 1.88. The van der Waals surface area contributed by atoms with E-state index in [1.54, 1.807) is 0 Å². The summed E-state index contributed by atoms with van der Waals surface area (Å²) in [7, 11) is 0. The van der Waals surface area contributed by atoms with Gasteiger partial charge in [-0.2, -0.15) is 31.6 Å². The van der Waals surface area contributed by atoms with Crippen LogP contribution in [0, 0.1) is 16.7 Å². The molecule has 0 aromatic carbocycles. The van der Waals surface area contributed by atoms with Crippen LogP contribution in [0.25, 0.3) is 0 Å². The van der Waals surface area contributed by atoms with Gasteiger partial charge in [0.15, 0.2) is 5.41 Å². The Morgan fingerprint density at radius 2 is 1.63 bits per heavy atom. The van der Waals surface area contributed by atoms with Gasteiger partial charge in [-0.05, 0) is 32.4 Å². The average molecular weight is 288 g/mol. The van der Waals surface area contributed by atoms with Crippen molar-refractivity contribution in [2.45, 2.75) is 38.0 Å². The molecule has 2 nitrogen and oxygen atoms in total. The summed E-state index contributed by atoms with van der Waals surface area (Å²) in [4.78, 5) is 1.18. The molecular weight excluding hydrogens is 274 g/mol. The first-order valence-corrected chi connectivity index (χ1v) is 5.87. The fourth-order valence-electron chi connectivity index (χ4n) is 2.24. The van der Waals surface area contributed by atoms with Crippen LogP contribution in [0.1, 0.15) is 25.7 Å². The Labute approximate surface area is 107 Å². The van der Waals surface area contributed by atoms with Gasteiger partial charge in [-0.1, -0.05) is 0 Å². The van der Waals surface area contributed by atoms with Crippen LogP contribution in [0.15, 0.2) is 0 Å². The van der Waals surface area contributed by atoms with Gasteiger partial charge in [0.2, 0.25) is 0 Å². The first kappa shape index (κ1) is 16.1. The first-order chi connectivity index (χ1) is 8.64. The van der Waals surface area contributed by atoms with Crippen LogP contribution in [0.4, 0.5) is 26.3 Å². The number of nitriles is 1. The molecule has 1 aliphatic rings. The predicted molar refractivity (Wildman–Crippen MR) is 55.1 cm³/mol. The molecule has 1 fully saturated rings. The molecule has 0 atom stereocenters. The van der Waals surface area contributed by atoms with Gasteiger partial charge in [-0.15, -0.1) is 0 Å². The van der Waals surface area contributed by atoms with E-state index in [9.17, 15) is 26.3 Å². The zero-order valence-corrected chi connectivity index (χ0v) is 10.1. The standard InChI is InChI=1S/C11H14F6N2/c12-10(13,14)9(11(15,16)17)4-7-19(8-9)6-3-1-2-5-18/h1-4,6-8H2.